The van der Waals surface area contributed by atoms with Crippen molar-refractivity contribution < 1.29 is 22.7 Å². The Labute approximate surface area is 178 Å². The summed E-state index contributed by atoms with van der Waals surface area (Å²) in [6, 6.07) is 11.9. The van der Waals surface area contributed by atoms with Gasteiger partial charge in [-0.2, -0.15) is 0 Å². The number of sulfonamides is 1. The number of ether oxygens (including phenoxy) is 2. The van der Waals surface area contributed by atoms with Gasteiger partial charge >= 0.3 is 0 Å². The van der Waals surface area contributed by atoms with Gasteiger partial charge in [0.25, 0.3) is 5.91 Å². The number of carbonyl (C=O) groups is 1. The van der Waals surface area contributed by atoms with Crippen molar-refractivity contribution in [2.45, 2.75) is 37.1 Å². The number of likely N-dealkylation sites (tertiary alicyclic amines) is 1. The highest BCUT2D eigenvalue weighted by Gasteiger charge is 2.29. The Morgan fingerprint density at radius 1 is 1.03 bits per heavy atom. The Morgan fingerprint density at radius 3 is 2.10 bits per heavy atom. The molecular formula is C22H28N2O5S. The number of hydrogen-bond donors (Lipinski definition) is 1. The second-order valence-electron chi connectivity index (χ2n) is 7.22. The number of hydrogen-bond acceptors (Lipinski definition) is 5. The molecule has 1 aliphatic rings. The maximum Gasteiger partial charge on any atom is 0.261 e. The predicted octanol–water partition coefficient (Wildman–Crippen LogP) is 2.85. The number of amides is 1. The zero-order valence-corrected chi connectivity index (χ0v) is 18.4. The molecule has 1 amide bonds. The molecule has 162 valence electrons. The van der Waals surface area contributed by atoms with E-state index in [2.05, 4.69) is 4.72 Å². The van der Waals surface area contributed by atoms with E-state index in [0.717, 1.165) is 12.0 Å². The molecule has 30 heavy (non-hydrogen) atoms. The summed E-state index contributed by atoms with van der Waals surface area (Å²) in [5.41, 5.74) is 1.48. The third-order valence-electron chi connectivity index (χ3n) is 5.39. The third kappa shape index (κ3) is 4.76. The molecule has 2 aromatic carbocycles. The van der Waals surface area contributed by atoms with Crippen molar-refractivity contribution in [1.29, 1.82) is 0 Å². The molecule has 1 fully saturated rings. The highest BCUT2D eigenvalue weighted by atomic mass is 32.2. The number of benzene rings is 2. The fourth-order valence-corrected chi connectivity index (χ4v) is 4.92. The van der Waals surface area contributed by atoms with Crippen molar-refractivity contribution in [3.63, 3.8) is 0 Å². The second kappa shape index (κ2) is 9.49. The molecule has 8 heteroatoms. The fourth-order valence-electron chi connectivity index (χ4n) is 3.61. The number of aryl methyl sites for hydroxylation is 1. The van der Waals surface area contributed by atoms with Crippen LogP contribution in [0.25, 0.3) is 0 Å². The van der Waals surface area contributed by atoms with E-state index in [4.69, 9.17) is 9.47 Å². The average Bonchev–Trinajstić information content (AvgIpc) is 2.78. The van der Waals surface area contributed by atoms with Crippen molar-refractivity contribution in [3.8, 4) is 11.5 Å². The highest BCUT2D eigenvalue weighted by molar-refractivity contribution is 7.89. The van der Waals surface area contributed by atoms with Gasteiger partial charge in [-0.3, -0.25) is 4.79 Å². The Bertz CT molecular complexity index is 959. The molecule has 0 saturated carbocycles. The lowest BCUT2D eigenvalue weighted by atomic mass is 10.0. The third-order valence-corrected chi connectivity index (χ3v) is 6.92. The van der Waals surface area contributed by atoms with E-state index in [1.165, 1.54) is 14.2 Å². The molecule has 0 aromatic heterocycles. The summed E-state index contributed by atoms with van der Waals surface area (Å²) < 4.78 is 38.8. The van der Waals surface area contributed by atoms with Gasteiger partial charge in [0.05, 0.1) is 19.1 Å². The molecule has 0 radical (unpaired) electrons. The quantitative estimate of drug-likeness (QED) is 0.727. The van der Waals surface area contributed by atoms with Gasteiger partial charge in [0.15, 0.2) is 0 Å². The molecule has 1 heterocycles. The zero-order chi connectivity index (χ0) is 21.7. The van der Waals surface area contributed by atoms with Gasteiger partial charge in [-0.15, -0.1) is 0 Å². The maximum absolute atomic E-state index is 13.1. The van der Waals surface area contributed by atoms with Crippen molar-refractivity contribution in [1.82, 2.24) is 9.62 Å². The smallest absolute Gasteiger partial charge is 0.261 e. The minimum absolute atomic E-state index is 0.180. The fraction of sp³-hybridized carbons (Fsp3) is 0.409. The average molecular weight is 433 g/mol. The first-order chi connectivity index (χ1) is 14.4. The van der Waals surface area contributed by atoms with Crippen molar-refractivity contribution in [3.05, 3.63) is 53.6 Å². The van der Waals surface area contributed by atoms with E-state index in [9.17, 15) is 13.2 Å². The van der Waals surface area contributed by atoms with Crippen molar-refractivity contribution in [2.75, 3.05) is 27.3 Å². The number of piperidine rings is 1. The van der Waals surface area contributed by atoms with Crippen LogP contribution in [-0.2, 0) is 16.4 Å². The van der Waals surface area contributed by atoms with Crippen LogP contribution in [0.5, 0.6) is 11.5 Å². The van der Waals surface area contributed by atoms with Gasteiger partial charge in [0, 0.05) is 19.1 Å². The van der Waals surface area contributed by atoms with Crippen LogP contribution in [0.4, 0.5) is 0 Å². The summed E-state index contributed by atoms with van der Waals surface area (Å²) in [5.74, 6) is 0.733. The molecule has 1 aliphatic heterocycles. The van der Waals surface area contributed by atoms with Crippen LogP contribution in [0.1, 0.15) is 35.7 Å². The van der Waals surface area contributed by atoms with E-state index in [1.54, 1.807) is 35.2 Å². The van der Waals surface area contributed by atoms with Crippen LogP contribution < -0.4 is 14.2 Å². The zero-order valence-electron chi connectivity index (χ0n) is 17.6. The lowest BCUT2D eigenvalue weighted by molar-refractivity contribution is 0.0704. The van der Waals surface area contributed by atoms with E-state index < -0.39 is 10.0 Å². The Kier molecular flexibility index (Phi) is 6.99. The van der Waals surface area contributed by atoms with Gasteiger partial charge in [0.1, 0.15) is 17.1 Å². The first-order valence-corrected chi connectivity index (χ1v) is 11.5. The van der Waals surface area contributed by atoms with E-state index in [0.29, 0.717) is 43.0 Å². The van der Waals surface area contributed by atoms with Gasteiger partial charge in [0.2, 0.25) is 10.0 Å². The SMILES string of the molecule is CCc1ccc(S(=O)(=O)NC2CCN(C(=O)c3c(OC)cccc3OC)CC2)cc1. The Balaban J connectivity index is 1.65. The van der Waals surface area contributed by atoms with Gasteiger partial charge < -0.3 is 14.4 Å². The summed E-state index contributed by atoms with van der Waals surface area (Å²) >= 11 is 0. The molecule has 0 aliphatic carbocycles. The first-order valence-electron chi connectivity index (χ1n) is 10.0. The Morgan fingerprint density at radius 2 is 1.60 bits per heavy atom. The van der Waals surface area contributed by atoms with Crippen LogP contribution in [0, 0.1) is 0 Å². The minimum atomic E-state index is -3.59. The summed E-state index contributed by atoms with van der Waals surface area (Å²) in [5, 5.41) is 0. The van der Waals surface area contributed by atoms with E-state index >= 15 is 0 Å². The largest absolute Gasteiger partial charge is 0.496 e. The Hall–Kier alpha value is -2.58. The molecule has 0 bridgehead atoms. The number of nitrogens with one attached hydrogen (secondary N) is 1. The molecule has 1 N–H and O–H groups in total. The normalized spacial score (nSPS) is 15.1. The second-order valence-corrected chi connectivity index (χ2v) is 8.94. The topological polar surface area (TPSA) is 84.9 Å². The van der Waals surface area contributed by atoms with Gasteiger partial charge in [-0.1, -0.05) is 25.1 Å². The van der Waals surface area contributed by atoms with Gasteiger partial charge in [-0.05, 0) is 49.1 Å². The van der Waals surface area contributed by atoms with Crippen LogP contribution in [0.15, 0.2) is 47.4 Å². The van der Waals surface area contributed by atoms with Crippen molar-refractivity contribution >= 4 is 15.9 Å². The lowest BCUT2D eigenvalue weighted by Crippen LogP contribution is -2.46. The molecule has 7 nitrogen and oxygen atoms in total. The van der Waals surface area contributed by atoms with Crippen LogP contribution in [0.3, 0.4) is 0 Å². The summed E-state index contributed by atoms with van der Waals surface area (Å²) in [6.07, 6.45) is 1.93. The molecule has 2 aromatic rings. The summed E-state index contributed by atoms with van der Waals surface area (Å²) in [4.78, 5) is 15.0. The molecule has 0 atom stereocenters. The van der Waals surface area contributed by atoms with Crippen LogP contribution >= 0.6 is 0 Å². The molecule has 0 spiro atoms. The van der Waals surface area contributed by atoms with Crippen LogP contribution in [0.2, 0.25) is 0 Å². The number of rotatable bonds is 7. The summed E-state index contributed by atoms with van der Waals surface area (Å²) in [6.45, 7) is 2.92. The monoisotopic (exact) mass is 432 g/mol. The highest BCUT2D eigenvalue weighted by Crippen LogP contribution is 2.30. The molecular weight excluding hydrogens is 404 g/mol. The standard InChI is InChI=1S/C22H28N2O5S/c1-4-16-8-10-18(11-9-16)30(26,27)23-17-12-14-24(15-13-17)22(25)21-19(28-2)6-5-7-20(21)29-3/h5-11,17,23H,4,12-15H2,1-3H3. The maximum atomic E-state index is 13.1. The van der Waals surface area contributed by atoms with E-state index in [1.807, 2.05) is 19.1 Å². The molecule has 3 rings (SSSR count). The lowest BCUT2D eigenvalue weighted by Gasteiger charge is -2.32. The van der Waals surface area contributed by atoms with Crippen molar-refractivity contribution in [2.24, 2.45) is 0 Å². The number of methoxy groups -OCH3 is 2. The number of carbonyl (C=O) groups excluding carboxylic acids is 1. The number of nitrogens with zero attached hydrogens (tertiary/aromatic N) is 1. The molecule has 1 saturated heterocycles. The first kappa shape index (κ1) is 22.1. The van der Waals surface area contributed by atoms with Crippen LogP contribution in [-0.4, -0.2) is 52.6 Å². The van der Waals surface area contributed by atoms with Gasteiger partial charge in [-0.25, -0.2) is 13.1 Å². The summed E-state index contributed by atoms with van der Waals surface area (Å²) in [7, 11) is -0.563. The van der Waals surface area contributed by atoms with E-state index in [-0.39, 0.29) is 16.8 Å². The minimum Gasteiger partial charge on any atom is -0.496 e. The molecule has 0 unspecified atom stereocenters. The predicted molar refractivity (Wildman–Crippen MR) is 115 cm³/mol.